The van der Waals surface area contributed by atoms with Crippen molar-refractivity contribution in [2.24, 2.45) is 5.92 Å². The van der Waals surface area contributed by atoms with Gasteiger partial charge in [0.1, 0.15) is 6.04 Å². The van der Waals surface area contributed by atoms with Crippen LogP contribution in [0, 0.1) is 5.92 Å². The Hall–Kier alpha value is -1.03. The fourth-order valence-corrected chi connectivity index (χ4v) is 3.12. The van der Waals surface area contributed by atoms with Crippen LogP contribution in [-0.4, -0.2) is 19.1 Å². The van der Waals surface area contributed by atoms with E-state index >= 15 is 0 Å². The van der Waals surface area contributed by atoms with Gasteiger partial charge in [-0.15, -0.1) is 0 Å². The number of rotatable bonds is 5. The van der Waals surface area contributed by atoms with Crippen molar-refractivity contribution in [1.82, 2.24) is 0 Å². The van der Waals surface area contributed by atoms with Crippen molar-refractivity contribution in [2.75, 3.05) is 12.4 Å². The maximum Gasteiger partial charge on any atom is 0.328 e. The summed E-state index contributed by atoms with van der Waals surface area (Å²) >= 11 is 3.41. The van der Waals surface area contributed by atoms with Crippen molar-refractivity contribution in [3.63, 3.8) is 0 Å². The number of esters is 1. The van der Waals surface area contributed by atoms with E-state index < -0.39 is 0 Å². The van der Waals surface area contributed by atoms with Crippen LogP contribution in [0.5, 0.6) is 0 Å². The number of hydrogen-bond donors (Lipinski definition) is 1. The normalized spacial score (nSPS) is 17.5. The number of halogens is 1. The molecule has 1 unspecified atom stereocenters. The van der Waals surface area contributed by atoms with Crippen molar-refractivity contribution in [3.8, 4) is 0 Å². The quantitative estimate of drug-likeness (QED) is 0.809. The molecule has 0 amide bonds. The Morgan fingerprint density at radius 3 is 2.55 bits per heavy atom. The summed E-state index contributed by atoms with van der Waals surface area (Å²) < 4.78 is 5.97. The summed E-state index contributed by atoms with van der Waals surface area (Å²) in [6.45, 7) is 0. The number of benzene rings is 1. The number of methoxy groups -OCH3 is 1. The average molecular weight is 340 g/mol. The fraction of sp³-hybridized carbons (Fsp3) is 0.562. The van der Waals surface area contributed by atoms with Gasteiger partial charge in [-0.25, -0.2) is 4.79 Å². The lowest BCUT2D eigenvalue weighted by molar-refractivity contribution is -0.142. The summed E-state index contributed by atoms with van der Waals surface area (Å²) in [6, 6.07) is 7.64. The number of anilines is 1. The zero-order valence-electron chi connectivity index (χ0n) is 11.9. The van der Waals surface area contributed by atoms with Gasteiger partial charge in [0.05, 0.1) is 7.11 Å². The Bertz CT molecular complexity index is 427. The van der Waals surface area contributed by atoms with E-state index in [0.29, 0.717) is 5.92 Å². The van der Waals surface area contributed by atoms with E-state index in [1.807, 2.05) is 24.3 Å². The maximum absolute atomic E-state index is 12.0. The smallest absolute Gasteiger partial charge is 0.328 e. The maximum atomic E-state index is 12.0. The molecule has 3 nitrogen and oxygen atoms in total. The summed E-state index contributed by atoms with van der Waals surface area (Å²) in [7, 11) is 1.46. The first-order chi connectivity index (χ1) is 9.69. The minimum Gasteiger partial charge on any atom is -0.467 e. The molecule has 1 atom stereocenters. The summed E-state index contributed by atoms with van der Waals surface area (Å²) in [5.41, 5.74) is 0.958. The van der Waals surface area contributed by atoms with E-state index in [1.165, 1.54) is 39.2 Å². The Kier molecular flexibility index (Phi) is 5.89. The van der Waals surface area contributed by atoms with E-state index in [0.717, 1.165) is 16.6 Å². The van der Waals surface area contributed by atoms with E-state index in [1.54, 1.807) is 0 Å². The Labute approximate surface area is 129 Å². The van der Waals surface area contributed by atoms with E-state index in [2.05, 4.69) is 21.2 Å². The third kappa shape index (κ3) is 4.51. The van der Waals surface area contributed by atoms with Gasteiger partial charge in [-0.05, 0) is 36.6 Å². The first-order valence-corrected chi connectivity index (χ1v) is 8.08. The lowest BCUT2D eigenvalue weighted by Gasteiger charge is -2.26. The number of carbonyl (C=O) groups excluding carboxylic acids is 1. The second-order valence-corrected chi connectivity index (χ2v) is 6.38. The molecule has 1 aliphatic carbocycles. The van der Waals surface area contributed by atoms with Crippen LogP contribution in [0.15, 0.2) is 28.7 Å². The highest BCUT2D eigenvalue weighted by Gasteiger charge is 2.24. The van der Waals surface area contributed by atoms with Gasteiger partial charge < -0.3 is 10.1 Å². The Morgan fingerprint density at radius 1 is 1.30 bits per heavy atom. The molecule has 1 saturated carbocycles. The van der Waals surface area contributed by atoms with Crippen LogP contribution in [-0.2, 0) is 9.53 Å². The molecule has 20 heavy (non-hydrogen) atoms. The summed E-state index contributed by atoms with van der Waals surface area (Å²) in [5, 5.41) is 3.31. The number of nitrogens with one attached hydrogen (secondary N) is 1. The molecule has 1 aliphatic rings. The second kappa shape index (κ2) is 7.67. The lowest BCUT2D eigenvalue weighted by atomic mass is 9.85. The first-order valence-electron chi connectivity index (χ1n) is 7.29. The fourth-order valence-electron chi connectivity index (χ4n) is 2.86. The van der Waals surface area contributed by atoms with Gasteiger partial charge in [-0.3, -0.25) is 0 Å². The number of hydrogen-bond acceptors (Lipinski definition) is 3. The lowest BCUT2D eigenvalue weighted by Crippen LogP contribution is -2.33. The zero-order chi connectivity index (χ0) is 14.4. The van der Waals surface area contributed by atoms with Crippen molar-refractivity contribution in [2.45, 2.75) is 44.6 Å². The van der Waals surface area contributed by atoms with Gasteiger partial charge in [0.15, 0.2) is 0 Å². The SMILES string of the molecule is COC(=O)C(CC1CCCCC1)Nc1ccc(Br)cc1. The van der Waals surface area contributed by atoms with Crippen molar-refractivity contribution >= 4 is 27.6 Å². The molecule has 1 N–H and O–H groups in total. The highest BCUT2D eigenvalue weighted by molar-refractivity contribution is 9.10. The van der Waals surface area contributed by atoms with Gasteiger partial charge in [0.25, 0.3) is 0 Å². The van der Waals surface area contributed by atoms with Gasteiger partial charge in [-0.1, -0.05) is 48.0 Å². The highest BCUT2D eigenvalue weighted by Crippen LogP contribution is 2.28. The van der Waals surface area contributed by atoms with Gasteiger partial charge in [-0.2, -0.15) is 0 Å². The molecule has 0 aliphatic heterocycles. The topological polar surface area (TPSA) is 38.3 Å². The van der Waals surface area contributed by atoms with Crippen LogP contribution < -0.4 is 5.32 Å². The first kappa shape index (κ1) is 15.4. The van der Waals surface area contributed by atoms with Gasteiger partial charge in [0, 0.05) is 10.2 Å². The molecule has 0 bridgehead atoms. The minimum absolute atomic E-state index is 0.168. The summed E-state index contributed by atoms with van der Waals surface area (Å²) in [4.78, 5) is 12.0. The van der Waals surface area contributed by atoms with Crippen LogP contribution in [0.2, 0.25) is 0 Å². The van der Waals surface area contributed by atoms with Gasteiger partial charge in [0.2, 0.25) is 0 Å². The third-order valence-electron chi connectivity index (χ3n) is 3.96. The van der Waals surface area contributed by atoms with E-state index in [9.17, 15) is 4.79 Å². The molecule has 1 aromatic rings. The molecule has 0 saturated heterocycles. The largest absolute Gasteiger partial charge is 0.467 e. The number of ether oxygens (including phenoxy) is 1. The van der Waals surface area contributed by atoms with Crippen molar-refractivity contribution < 1.29 is 9.53 Å². The van der Waals surface area contributed by atoms with Crippen LogP contribution in [0.4, 0.5) is 5.69 Å². The summed E-state index contributed by atoms with van der Waals surface area (Å²) in [5.74, 6) is 0.467. The van der Waals surface area contributed by atoms with Crippen molar-refractivity contribution in [3.05, 3.63) is 28.7 Å². The Balaban J connectivity index is 1.99. The standard InChI is InChI=1S/C16H22BrNO2/c1-20-16(19)15(11-12-5-3-2-4-6-12)18-14-9-7-13(17)8-10-14/h7-10,12,15,18H,2-6,11H2,1H3. The monoisotopic (exact) mass is 339 g/mol. The van der Waals surface area contributed by atoms with Crippen molar-refractivity contribution in [1.29, 1.82) is 0 Å². The van der Waals surface area contributed by atoms with Crippen LogP contribution in [0.25, 0.3) is 0 Å². The molecular weight excluding hydrogens is 318 g/mol. The number of carbonyl (C=O) groups is 1. The molecule has 0 spiro atoms. The summed E-state index contributed by atoms with van der Waals surface area (Å²) in [6.07, 6.45) is 7.24. The van der Waals surface area contributed by atoms with E-state index in [4.69, 9.17) is 4.74 Å². The highest BCUT2D eigenvalue weighted by atomic mass is 79.9. The molecule has 1 fully saturated rings. The zero-order valence-corrected chi connectivity index (χ0v) is 13.5. The van der Waals surface area contributed by atoms with Gasteiger partial charge >= 0.3 is 5.97 Å². The Morgan fingerprint density at radius 2 is 1.95 bits per heavy atom. The third-order valence-corrected chi connectivity index (χ3v) is 4.49. The molecular formula is C16H22BrNO2. The molecule has 110 valence electrons. The molecule has 4 heteroatoms. The molecule has 2 rings (SSSR count). The predicted octanol–water partition coefficient (Wildman–Crippen LogP) is 4.37. The predicted molar refractivity (Wildman–Crippen MR) is 84.8 cm³/mol. The van der Waals surface area contributed by atoms with E-state index in [-0.39, 0.29) is 12.0 Å². The molecule has 0 aromatic heterocycles. The van der Waals surface area contributed by atoms with Crippen LogP contribution in [0.1, 0.15) is 38.5 Å². The van der Waals surface area contributed by atoms with Crippen LogP contribution in [0.3, 0.4) is 0 Å². The average Bonchev–Trinajstić information content (AvgIpc) is 2.49. The molecule has 1 aromatic carbocycles. The van der Waals surface area contributed by atoms with Crippen LogP contribution >= 0.6 is 15.9 Å². The minimum atomic E-state index is -0.246. The molecule has 0 radical (unpaired) electrons. The molecule has 0 heterocycles. The second-order valence-electron chi connectivity index (χ2n) is 5.47.